The van der Waals surface area contributed by atoms with Crippen molar-refractivity contribution < 1.29 is 8.42 Å². The van der Waals surface area contributed by atoms with Gasteiger partial charge in [-0.2, -0.15) is 4.31 Å². The van der Waals surface area contributed by atoms with Crippen LogP contribution in [-0.4, -0.2) is 32.4 Å². The van der Waals surface area contributed by atoms with Crippen LogP contribution in [0.1, 0.15) is 32.8 Å². The van der Waals surface area contributed by atoms with Gasteiger partial charge in [0.2, 0.25) is 10.0 Å². The van der Waals surface area contributed by atoms with Crippen molar-refractivity contribution in [2.24, 2.45) is 11.7 Å². The van der Waals surface area contributed by atoms with Crippen LogP contribution in [0.2, 0.25) is 0 Å². The second-order valence-corrected chi connectivity index (χ2v) is 7.68. The van der Waals surface area contributed by atoms with Gasteiger partial charge >= 0.3 is 0 Å². The fraction of sp³-hybridized carbons (Fsp3) is 0.600. The summed E-state index contributed by atoms with van der Waals surface area (Å²) in [6.45, 7) is 6.47. The van der Waals surface area contributed by atoms with E-state index in [2.05, 4.69) is 13.8 Å². The predicted molar refractivity (Wildman–Crippen MR) is 90.3 cm³/mol. The highest BCUT2D eigenvalue weighted by Gasteiger charge is 2.24. The lowest BCUT2D eigenvalue weighted by atomic mass is 10.0. The number of likely N-dealkylation sites (N-methyl/N-ethyl adjacent to an activating group) is 1. The topological polar surface area (TPSA) is 63.4 Å². The number of nitrogens with two attached hydrogens (primary N) is 1. The lowest BCUT2D eigenvalue weighted by Gasteiger charge is -2.23. The monoisotopic (exact) mass is 334 g/mol. The third-order valence-corrected chi connectivity index (χ3v) is 5.56. The van der Waals surface area contributed by atoms with Crippen LogP contribution in [0, 0.1) is 5.92 Å². The first-order valence-electron chi connectivity index (χ1n) is 7.06. The highest BCUT2D eigenvalue weighted by atomic mass is 35.5. The van der Waals surface area contributed by atoms with E-state index in [1.54, 1.807) is 26.1 Å². The van der Waals surface area contributed by atoms with Crippen molar-refractivity contribution in [1.82, 2.24) is 4.31 Å². The van der Waals surface area contributed by atoms with Gasteiger partial charge in [-0.1, -0.05) is 26.0 Å². The van der Waals surface area contributed by atoms with Gasteiger partial charge < -0.3 is 5.73 Å². The van der Waals surface area contributed by atoms with Crippen molar-refractivity contribution >= 4 is 22.4 Å². The number of halogens is 1. The highest BCUT2D eigenvalue weighted by Crippen LogP contribution is 2.18. The van der Waals surface area contributed by atoms with Gasteiger partial charge in [0.15, 0.2) is 0 Å². The Labute approximate surface area is 135 Å². The maximum Gasteiger partial charge on any atom is 0.243 e. The number of hydrogen-bond donors (Lipinski definition) is 1. The lowest BCUT2D eigenvalue weighted by Crippen LogP contribution is -2.39. The van der Waals surface area contributed by atoms with Crippen LogP contribution < -0.4 is 5.73 Å². The molecule has 0 aliphatic carbocycles. The Balaban J connectivity index is 0.00000400. The van der Waals surface area contributed by atoms with E-state index in [0.717, 1.165) is 12.8 Å². The van der Waals surface area contributed by atoms with Crippen LogP contribution in [0.3, 0.4) is 0 Å². The summed E-state index contributed by atoms with van der Waals surface area (Å²) < 4.78 is 26.1. The van der Waals surface area contributed by atoms with Crippen LogP contribution in [0.15, 0.2) is 29.2 Å². The Kier molecular flexibility index (Phi) is 8.48. The normalized spacial score (nSPS) is 13.3. The van der Waals surface area contributed by atoms with Gasteiger partial charge in [-0.15, -0.1) is 12.4 Å². The molecule has 0 fully saturated rings. The summed E-state index contributed by atoms with van der Waals surface area (Å²) >= 11 is 0. The zero-order chi connectivity index (χ0) is 15.3. The molecule has 0 bridgehead atoms. The van der Waals surface area contributed by atoms with Gasteiger partial charge in [0, 0.05) is 19.6 Å². The molecule has 1 aromatic rings. The van der Waals surface area contributed by atoms with Gasteiger partial charge in [0.05, 0.1) is 4.90 Å². The van der Waals surface area contributed by atoms with Crippen LogP contribution >= 0.6 is 12.4 Å². The zero-order valence-electron chi connectivity index (χ0n) is 13.2. The van der Waals surface area contributed by atoms with E-state index in [1.165, 1.54) is 9.87 Å². The molecule has 4 nitrogen and oxygen atoms in total. The Morgan fingerprint density at radius 3 is 2.10 bits per heavy atom. The number of nitrogens with zero attached hydrogens (tertiary/aromatic N) is 1. The molecule has 21 heavy (non-hydrogen) atoms. The molecule has 0 amide bonds. The van der Waals surface area contributed by atoms with Gasteiger partial charge in [0.1, 0.15) is 0 Å². The number of hydrogen-bond acceptors (Lipinski definition) is 3. The zero-order valence-corrected chi connectivity index (χ0v) is 14.9. The third-order valence-electron chi connectivity index (χ3n) is 3.57. The Morgan fingerprint density at radius 1 is 1.14 bits per heavy atom. The van der Waals surface area contributed by atoms with E-state index in [-0.39, 0.29) is 18.4 Å². The van der Waals surface area contributed by atoms with Crippen molar-refractivity contribution in [2.75, 3.05) is 13.6 Å². The van der Waals surface area contributed by atoms with Gasteiger partial charge in [0.25, 0.3) is 0 Å². The Bertz CT molecular complexity index is 515. The maximum absolute atomic E-state index is 12.4. The summed E-state index contributed by atoms with van der Waals surface area (Å²) in [6.07, 6.45) is 2.09. The molecule has 122 valence electrons. The summed E-state index contributed by atoms with van der Waals surface area (Å²) in [4.78, 5) is 0.327. The molecule has 0 aliphatic heterocycles. The molecule has 6 heteroatoms. The first-order valence-corrected chi connectivity index (χ1v) is 8.50. The fourth-order valence-electron chi connectivity index (χ4n) is 1.84. The molecule has 0 aromatic heterocycles. The number of aryl methyl sites for hydroxylation is 1. The lowest BCUT2D eigenvalue weighted by molar-refractivity contribution is 0.394. The Morgan fingerprint density at radius 2 is 1.67 bits per heavy atom. The molecule has 0 spiro atoms. The molecule has 1 rings (SSSR count). The molecule has 1 unspecified atom stereocenters. The van der Waals surface area contributed by atoms with E-state index < -0.39 is 10.0 Å². The molecule has 0 aliphatic rings. The second-order valence-electron chi connectivity index (χ2n) is 5.68. The maximum atomic E-state index is 12.4. The van der Waals surface area contributed by atoms with Crippen molar-refractivity contribution in [3.63, 3.8) is 0 Å². The summed E-state index contributed by atoms with van der Waals surface area (Å²) in [7, 11) is -1.88. The van der Waals surface area contributed by atoms with E-state index in [4.69, 9.17) is 5.73 Å². The molecule has 0 saturated heterocycles. The van der Waals surface area contributed by atoms with Crippen LogP contribution in [0.4, 0.5) is 0 Å². The average Bonchev–Trinajstić information content (AvgIpc) is 2.43. The summed E-state index contributed by atoms with van der Waals surface area (Å²) in [6, 6.07) is 6.96. The minimum atomic E-state index is -3.45. The number of benzene rings is 1. The molecular formula is C15H27ClN2O2S. The first kappa shape index (κ1) is 20.4. The third kappa shape index (κ3) is 5.58. The predicted octanol–water partition coefficient (Wildman–Crippen LogP) is 2.66. The van der Waals surface area contributed by atoms with Gasteiger partial charge in [-0.05, 0) is 43.4 Å². The Hall–Kier alpha value is -0.620. The van der Waals surface area contributed by atoms with E-state index >= 15 is 0 Å². The number of sulfonamides is 1. The molecule has 0 heterocycles. The van der Waals surface area contributed by atoms with Crippen LogP contribution in [0.5, 0.6) is 0 Å². The van der Waals surface area contributed by atoms with Crippen LogP contribution in [-0.2, 0) is 16.4 Å². The van der Waals surface area contributed by atoms with Crippen molar-refractivity contribution in [3.05, 3.63) is 29.8 Å². The summed E-state index contributed by atoms with van der Waals surface area (Å²) in [5, 5.41) is 0. The second kappa shape index (κ2) is 8.73. The molecular weight excluding hydrogens is 308 g/mol. The standard InChI is InChI=1S/C15H26N2O2S.ClH/c1-12(2)5-6-14-7-9-15(10-8-14)20(18,19)17(4)13(3)11-16;/h7-10,12-13H,5-6,11,16H2,1-4H3;1H. The molecule has 0 radical (unpaired) electrons. The van der Waals surface area contributed by atoms with Gasteiger partial charge in [-0.25, -0.2) is 8.42 Å². The molecule has 0 saturated carbocycles. The smallest absolute Gasteiger partial charge is 0.243 e. The van der Waals surface area contributed by atoms with Crippen molar-refractivity contribution in [2.45, 2.75) is 44.6 Å². The fourth-order valence-corrected chi connectivity index (χ4v) is 3.21. The van der Waals surface area contributed by atoms with Crippen LogP contribution in [0.25, 0.3) is 0 Å². The molecule has 1 aromatic carbocycles. The van der Waals surface area contributed by atoms with Crippen molar-refractivity contribution in [1.29, 1.82) is 0 Å². The SMILES string of the molecule is CC(C)CCc1ccc(S(=O)(=O)N(C)C(C)CN)cc1.Cl. The molecule has 2 N–H and O–H groups in total. The molecule has 1 atom stereocenters. The highest BCUT2D eigenvalue weighted by molar-refractivity contribution is 7.89. The van der Waals surface area contributed by atoms with E-state index in [0.29, 0.717) is 17.4 Å². The van der Waals surface area contributed by atoms with Crippen molar-refractivity contribution in [3.8, 4) is 0 Å². The minimum absolute atomic E-state index is 0. The summed E-state index contributed by atoms with van der Waals surface area (Å²) in [5.74, 6) is 0.648. The quantitative estimate of drug-likeness (QED) is 0.833. The number of rotatable bonds is 7. The van der Waals surface area contributed by atoms with E-state index in [1.807, 2.05) is 12.1 Å². The minimum Gasteiger partial charge on any atom is -0.329 e. The summed E-state index contributed by atoms with van der Waals surface area (Å²) in [5.41, 5.74) is 6.71. The van der Waals surface area contributed by atoms with E-state index in [9.17, 15) is 8.42 Å². The first-order chi connectivity index (χ1) is 9.28. The average molecular weight is 335 g/mol. The largest absolute Gasteiger partial charge is 0.329 e. The van der Waals surface area contributed by atoms with Gasteiger partial charge in [-0.3, -0.25) is 0 Å².